The Labute approximate surface area is 141 Å². The first-order valence-corrected chi connectivity index (χ1v) is 9.90. The van der Waals surface area contributed by atoms with Crippen LogP contribution in [0.1, 0.15) is 30.7 Å². The fourth-order valence-electron chi connectivity index (χ4n) is 2.45. The number of hydrogen-bond donors (Lipinski definition) is 0. The molecule has 0 saturated heterocycles. The third-order valence-corrected chi connectivity index (χ3v) is 6.62. The predicted octanol–water partition coefficient (Wildman–Crippen LogP) is 3.54. The van der Waals surface area contributed by atoms with Crippen LogP contribution >= 0.6 is 34.9 Å². The van der Waals surface area contributed by atoms with Crippen LogP contribution in [0, 0.1) is 0 Å². The number of aromatic nitrogens is 2. The number of nitrogens with zero attached hydrogens (tertiary/aromatic N) is 2. The Morgan fingerprint density at radius 2 is 1.82 bits per heavy atom. The van der Waals surface area contributed by atoms with E-state index in [1.807, 2.05) is 0 Å². The quantitative estimate of drug-likeness (QED) is 0.450. The number of ketones is 2. The first-order valence-electron chi connectivity index (χ1n) is 7.11. The van der Waals surface area contributed by atoms with Crippen LogP contribution in [-0.2, 0) is 22.4 Å². The number of fused-ring (bicyclic) bond motifs is 3. The van der Waals surface area contributed by atoms with Gasteiger partial charge in [-0.2, -0.15) is 0 Å². The van der Waals surface area contributed by atoms with E-state index in [0.717, 1.165) is 28.1 Å². The van der Waals surface area contributed by atoms with E-state index in [1.54, 1.807) is 25.2 Å². The summed E-state index contributed by atoms with van der Waals surface area (Å²) in [5.74, 6) is 1.06. The molecule has 0 fully saturated rings. The van der Waals surface area contributed by atoms with E-state index in [-0.39, 0.29) is 11.6 Å². The summed E-state index contributed by atoms with van der Waals surface area (Å²) in [7, 11) is 0. The van der Waals surface area contributed by atoms with Crippen molar-refractivity contribution in [2.45, 2.75) is 43.3 Å². The molecular formula is C15H16N2O2S3. The second-order valence-electron chi connectivity index (χ2n) is 5.33. The normalized spacial score (nSPS) is 13.5. The Hall–Kier alpha value is -0.920. The molecule has 2 heterocycles. The molecule has 0 saturated carbocycles. The molecule has 4 nitrogen and oxygen atoms in total. The van der Waals surface area contributed by atoms with Crippen molar-refractivity contribution in [3.05, 3.63) is 10.4 Å². The van der Waals surface area contributed by atoms with Gasteiger partial charge in [0.25, 0.3) is 0 Å². The van der Waals surface area contributed by atoms with Crippen LogP contribution in [0.15, 0.2) is 10.2 Å². The predicted molar refractivity (Wildman–Crippen MR) is 92.3 cm³/mol. The highest BCUT2D eigenvalue weighted by molar-refractivity contribution is 8.00. The molecule has 0 unspecified atom stereocenters. The lowest BCUT2D eigenvalue weighted by Crippen LogP contribution is -1.99. The number of carbonyl (C=O) groups is 2. The first kappa shape index (κ1) is 16.0. The summed E-state index contributed by atoms with van der Waals surface area (Å²) in [6.45, 7) is 3.16. The summed E-state index contributed by atoms with van der Waals surface area (Å²) in [4.78, 5) is 34.1. The Balaban J connectivity index is 2.01. The van der Waals surface area contributed by atoms with Crippen molar-refractivity contribution in [2.24, 2.45) is 0 Å². The minimum atomic E-state index is 0.111. The van der Waals surface area contributed by atoms with Gasteiger partial charge in [-0.25, -0.2) is 9.97 Å². The largest absolute Gasteiger partial charge is 0.299 e. The van der Waals surface area contributed by atoms with E-state index in [9.17, 15) is 9.59 Å². The highest BCUT2D eigenvalue weighted by Gasteiger charge is 2.22. The molecule has 0 bridgehead atoms. The van der Waals surface area contributed by atoms with Gasteiger partial charge in [-0.05, 0) is 38.7 Å². The van der Waals surface area contributed by atoms with Crippen molar-refractivity contribution in [3.8, 4) is 0 Å². The Kier molecular flexibility index (Phi) is 4.84. The fraction of sp³-hybridized carbons (Fsp3) is 0.467. The highest BCUT2D eigenvalue weighted by Crippen LogP contribution is 2.41. The van der Waals surface area contributed by atoms with Gasteiger partial charge in [0, 0.05) is 10.3 Å². The van der Waals surface area contributed by atoms with Crippen molar-refractivity contribution < 1.29 is 9.59 Å². The molecule has 1 aliphatic rings. The fourth-order valence-corrected chi connectivity index (χ4v) is 5.39. The van der Waals surface area contributed by atoms with Gasteiger partial charge in [0.15, 0.2) is 5.16 Å². The maximum Gasteiger partial charge on any atom is 0.190 e. The maximum atomic E-state index is 11.3. The molecule has 0 aromatic carbocycles. The van der Waals surface area contributed by atoms with E-state index in [0.29, 0.717) is 16.7 Å². The van der Waals surface area contributed by atoms with Crippen LogP contribution in [0.2, 0.25) is 0 Å². The van der Waals surface area contributed by atoms with Gasteiger partial charge in [-0.15, -0.1) is 11.3 Å². The van der Waals surface area contributed by atoms with E-state index in [1.165, 1.54) is 40.4 Å². The summed E-state index contributed by atoms with van der Waals surface area (Å²) in [5.41, 5.74) is 1.37. The average molecular weight is 353 g/mol. The molecule has 0 amide bonds. The topological polar surface area (TPSA) is 59.9 Å². The summed E-state index contributed by atoms with van der Waals surface area (Å²) < 4.78 is 0. The van der Waals surface area contributed by atoms with Gasteiger partial charge in [0.1, 0.15) is 21.4 Å². The molecule has 1 aliphatic carbocycles. The molecule has 22 heavy (non-hydrogen) atoms. The second-order valence-corrected chi connectivity index (χ2v) is 8.32. The molecule has 7 heteroatoms. The van der Waals surface area contributed by atoms with Gasteiger partial charge in [0.2, 0.25) is 0 Å². The number of hydrogen-bond acceptors (Lipinski definition) is 7. The van der Waals surface area contributed by atoms with Crippen molar-refractivity contribution in [3.63, 3.8) is 0 Å². The number of thioether (sulfide) groups is 2. The lowest BCUT2D eigenvalue weighted by Gasteiger charge is -2.06. The lowest BCUT2D eigenvalue weighted by molar-refractivity contribution is -0.115. The number of aryl methyl sites for hydroxylation is 2. The minimum Gasteiger partial charge on any atom is -0.299 e. The van der Waals surface area contributed by atoms with Crippen LogP contribution in [0.4, 0.5) is 0 Å². The molecule has 2 aromatic heterocycles. The summed E-state index contributed by atoms with van der Waals surface area (Å²) in [6.07, 6.45) is 3.38. The van der Waals surface area contributed by atoms with Gasteiger partial charge < -0.3 is 0 Å². The number of Topliss-reactive ketones (excluding diaryl/α,β-unsaturated/α-hetero) is 2. The number of thiophene rings is 1. The minimum absolute atomic E-state index is 0.111. The Bertz CT molecular complexity index is 755. The van der Waals surface area contributed by atoms with Crippen molar-refractivity contribution >= 4 is 56.6 Å². The average Bonchev–Trinajstić information content (AvgIpc) is 3.02. The van der Waals surface area contributed by atoms with Crippen molar-refractivity contribution in [1.82, 2.24) is 9.97 Å². The van der Waals surface area contributed by atoms with Crippen LogP contribution < -0.4 is 0 Å². The smallest absolute Gasteiger partial charge is 0.190 e. The Morgan fingerprint density at radius 1 is 1.09 bits per heavy atom. The van der Waals surface area contributed by atoms with Crippen LogP contribution in [0.5, 0.6) is 0 Å². The molecule has 0 atom stereocenters. The van der Waals surface area contributed by atoms with Gasteiger partial charge in [-0.3, -0.25) is 9.59 Å². The zero-order valence-corrected chi connectivity index (χ0v) is 14.9. The lowest BCUT2D eigenvalue weighted by atomic mass is 10.2. The zero-order valence-electron chi connectivity index (χ0n) is 12.5. The third-order valence-electron chi connectivity index (χ3n) is 3.33. The summed E-state index contributed by atoms with van der Waals surface area (Å²) in [6, 6.07) is 0. The summed E-state index contributed by atoms with van der Waals surface area (Å²) >= 11 is 4.59. The zero-order chi connectivity index (χ0) is 15.7. The molecule has 0 spiro atoms. The standard InChI is InChI=1S/C15H16N2O2S3/c1-8(18)6-20-13-12-10-4-3-5-11(10)22-14(12)17-15(16-13)21-7-9(2)19/h3-7H2,1-2H3. The second kappa shape index (κ2) is 6.68. The molecule has 3 rings (SSSR count). The van der Waals surface area contributed by atoms with Gasteiger partial charge in [-0.1, -0.05) is 23.5 Å². The third kappa shape index (κ3) is 3.36. The molecule has 0 aliphatic heterocycles. The monoisotopic (exact) mass is 352 g/mol. The van der Waals surface area contributed by atoms with Gasteiger partial charge >= 0.3 is 0 Å². The summed E-state index contributed by atoms with van der Waals surface area (Å²) in [5, 5.41) is 2.66. The number of carbonyl (C=O) groups excluding carboxylic acids is 2. The van der Waals surface area contributed by atoms with E-state index < -0.39 is 0 Å². The van der Waals surface area contributed by atoms with Crippen LogP contribution in [-0.4, -0.2) is 33.0 Å². The highest BCUT2D eigenvalue weighted by atomic mass is 32.2. The van der Waals surface area contributed by atoms with Crippen LogP contribution in [0.3, 0.4) is 0 Å². The molecule has 0 N–H and O–H groups in total. The maximum absolute atomic E-state index is 11.3. The molecule has 2 aromatic rings. The van der Waals surface area contributed by atoms with Crippen molar-refractivity contribution in [1.29, 1.82) is 0 Å². The van der Waals surface area contributed by atoms with Gasteiger partial charge in [0.05, 0.1) is 11.5 Å². The molecular weight excluding hydrogens is 336 g/mol. The Morgan fingerprint density at radius 3 is 2.55 bits per heavy atom. The van der Waals surface area contributed by atoms with E-state index in [4.69, 9.17) is 0 Å². The molecule has 116 valence electrons. The number of rotatable bonds is 6. The van der Waals surface area contributed by atoms with E-state index >= 15 is 0 Å². The molecule has 0 radical (unpaired) electrons. The van der Waals surface area contributed by atoms with Crippen LogP contribution in [0.25, 0.3) is 10.2 Å². The first-order chi connectivity index (χ1) is 10.5. The van der Waals surface area contributed by atoms with E-state index in [2.05, 4.69) is 9.97 Å². The van der Waals surface area contributed by atoms with Crippen molar-refractivity contribution in [2.75, 3.05) is 11.5 Å². The SMILES string of the molecule is CC(=O)CSc1nc(SCC(C)=O)c2c3c(sc2n1)CCC3.